The van der Waals surface area contributed by atoms with Crippen molar-refractivity contribution in [3.05, 3.63) is 83.9 Å². The summed E-state index contributed by atoms with van der Waals surface area (Å²) in [7, 11) is -2.27. The highest BCUT2D eigenvalue weighted by atomic mass is 32.2. The fourth-order valence-electron chi connectivity index (χ4n) is 2.97. The molecule has 0 heterocycles. The van der Waals surface area contributed by atoms with E-state index in [-0.39, 0.29) is 17.4 Å². The van der Waals surface area contributed by atoms with Crippen molar-refractivity contribution in [2.75, 3.05) is 23.3 Å². The molecule has 0 aliphatic carbocycles. The molecule has 0 aromatic heterocycles. The zero-order valence-electron chi connectivity index (χ0n) is 17.1. The normalized spacial score (nSPS) is 11.0. The summed E-state index contributed by atoms with van der Waals surface area (Å²) in [4.78, 5) is 12.4. The smallest absolute Gasteiger partial charge is 0.264 e. The third-order valence-corrected chi connectivity index (χ3v) is 6.37. The van der Waals surface area contributed by atoms with Crippen LogP contribution < -0.4 is 14.4 Å². The van der Waals surface area contributed by atoms with Crippen molar-refractivity contribution >= 4 is 27.3 Å². The molecule has 3 rings (SSSR count). The van der Waals surface area contributed by atoms with E-state index in [2.05, 4.69) is 5.32 Å². The van der Waals surface area contributed by atoms with E-state index in [1.807, 2.05) is 38.1 Å². The van der Waals surface area contributed by atoms with Crippen LogP contribution in [0.5, 0.6) is 5.75 Å². The summed E-state index contributed by atoms with van der Waals surface area (Å²) in [6, 6.07) is 20.7. The number of carbonyl (C=O) groups is 1. The van der Waals surface area contributed by atoms with Gasteiger partial charge in [-0.05, 0) is 55.8 Å². The lowest BCUT2D eigenvalue weighted by Crippen LogP contribution is -2.26. The fourth-order valence-corrected chi connectivity index (χ4v) is 4.21. The number of amides is 1. The summed E-state index contributed by atoms with van der Waals surface area (Å²) in [5.41, 5.74) is 2.99. The molecule has 0 fully saturated rings. The van der Waals surface area contributed by atoms with Crippen LogP contribution in [0.3, 0.4) is 0 Å². The second-order valence-corrected chi connectivity index (χ2v) is 8.91. The van der Waals surface area contributed by atoms with Crippen molar-refractivity contribution in [3.63, 3.8) is 0 Å². The zero-order chi connectivity index (χ0) is 21.7. The fraction of sp³-hybridized carbons (Fsp3) is 0.174. The minimum Gasteiger partial charge on any atom is -0.483 e. The summed E-state index contributed by atoms with van der Waals surface area (Å²) >= 11 is 0. The van der Waals surface area contributed by atoms with Gasteiger partial charge >= 0.3 is 0 Å². The molecule has 6 nitrogen and oxygen atoms in total. The van der Waals surface area contributed by atoms with Gasteiger partial charge in [0.15, 0.2) is 6.61 Å². The van der Waals surface area contributed by atoms with Crippen LogP contribution in [0.1, 0.15) is 11.1 Å². The molecule has 0 aliphatic heterocycles. The first-order chi connectivity index (χ1) is 14.3. The van der Waals surface area contributed by atoms with Gasteiger partial charge in [0.05, 0.1) is 10.6 Å². The van der Waals surface area contributed by atoms with Crippen molar-refractivity contribution in [3.8, 4) is 5.75 Å². The van der Waals surface area contributed by atoms with Crippen LogP contribution in [0.2, 0.25) is 0 Å². The number of benzene rings is 3. The van der Waals surface area contributed by atoms with E-state index in [9.17, 15) is 13.2 Å². The predicted molar refractivity (Wildman–Crippen MR) is 119 cm³/mol. The van der Waals surface area contributed by atoms with E-state index in [0.29, 0.717) is 17.1 Å². The van der Waals surface area contributed by atoms with Crippen molar-refractivity contribution in [1.82, 2.24) is 0 Å². The average molecular weight is 425 g/mol. The van der Waals surface area contributed by atoms with Crippen molar-refractivity contribution in [2.24, 2.45) is 0 Å². The van der Waals surface area contributed by atoms with Crippen molar-refractivity contribution in [2.45, 2.75) is 18.7 Å². The summed E-state index contributed by atoms with van der Waals surface area (Å²) in [6.07, 6.45) is 0. The maximum Gasteiger partial charge on any atom is 0.264 e. The van der Waals surface area contributed by atoms with E-state index in [1.165, 1.54) is 23.5 Å². The Hall–Kier alpha value is -3.32. The molecule has 156 valence electrons. The lowest BCUT2D eigenvalue weighted by Gasteiger charge is -2.20. The molecule has 0 atom stereocenters. The first-order valence-corrected chi connectivity index (χ1v) is 10.9. The largest absolute Gasteiger partial charge is 0.483 e. The molecule has 0 saturated heterocycles. The van der Waals surface area contributed by atoms with Crippen LogP contribution in [0, 0.1) is 13.8 Å². The number of rotatable bonds is 7. The van der Waals surface area contributed by atoms with Gasteiger partial charge in [-0.2, -0.15) is 0 Å². The Morgan fingerprint density at radius 2 is 1.70 bits per heavy atom. The maximum atomic E-state index is 12.9. The quantitative estimate of drug-likeness (QED) is 0.618. The molecule has 0 aliphatic rings. The highest BCUT2D eigenvalue weighted by molar-refractivity contribution is 7.92. The van der Waals surface area contributed by atoms with Crippen LogP contribution in [0.25, 0.3) is 0 Å². The monoisotopic (exact) mass is 424 g/mol. The number of aryl methyl sites for hydroxylation is 2. The van der Waals surface area contributed by atoms with Crippen LogP contribution in [-0.2, 0) is 14.8 Å². The molecule has 0 spiro atoms. The Morgan fingerprint density at radius 3 is 2.40 bits per heavy atom. The minimum atomic E-state index is -3.76. The summed E-state index contributed by atoms with van der Waals surface area (Å²) in [6.45, 7) is 3.72. The van der Waals surface area contributed by atoms with E-state index < -0.39 is 10.0 Å². The number of nitrogens with one attached hydrogen (secondary N) is 1. The molecule has 0 radical (unpaired) electrons. The van der Waals surface area contributed by atoms with Gasteiger partial charge in [-0.1, -0.05) is 42.0 Å². The Balaban J connectivity index is 1.69. The molecule has 3 aromatic rings. The van der Waals surface area contributed by atoms with Crippen LogP contribution in [-0.4, -0.2) is 28.0 Å². The third-order valence-electron chi connectivity index (χ3n) is 4.59. The first kappa shape index (κ1) is 21.4. The standard InChI is InChI=1S/C23H24N2O4S/c1-17-12-13-22(18(2)14-17)29-16-23(26)24-19-8-7-11-21(15-19)30(27,28)25(3)20-9-5-4-6-10-20/h4-15H,16H2,1-3H3,(H,24,26). The van der Waals surface area contributed by atoms with E-state index >= 15 is 0 Å². The highest BCUT2D eigenvalue weighted by Crippen LogP contribution is 2.24. The Morgan fingerprint density at radius 1 is 0.967 bits per heavy atom. The molecule has 0 unspecified atom stereocenters. The molecular weight excluding hydrogens is 400 g/mol. The van der Waals surface area contributed by atoms with Crippen LogP contribution >= 0.6 is 0 Å². The van der Waals surface area contributed by atoms with Gasteiger partial charge in [-0.25, -0.2) is 8.42 Å². The van der Waals surface area contributed by atoms with E-state index in [4.69, 9.17) is 4.74 Å². The number of anilines is 2. The molecule has 3 aromatic carbocycles. The van der Waals surface area contributed by atoms with Gasteiger partial charge in [0.2, 0.25) is 0 Å². The topological polar surface area (TPSA) is 75.7 Å². The number of hydrogen-bond acceptors (Lipinski definition) is 4. The van der Waals surface area contributed by atoms with Gasteiger partial charge in [0, 0.05) is 12.7 Å². The number of carbonyl (C=O) groups excluding carboxylic acids is 1. The second-order valence-electron chi connectivity index (χ2n) is 6.94. The van der Waals surface area contributed by atoms with E-state index in [0.717, 1.165) is 11.1 Å². The molecule has 30 heavy (non-hydrogen) atoms. The highest BCUT2D eigenvalue weighted by Gasteiger charge is 2.21. The van der Waals surface area contributed by atoms with Gasteiger partial charge in [-0.3, -0.25) is 9.10 Å². The lowest BCUT2D eigenvalue weighted by molar-refractivity contribution is -0.118. The Labute approximate surface area is 177 Å². The molecular formula is C23H24N2O4S. The Kier molecular flexibility index (Phi) is 6.42. The van der Waals surface area contributed by atoms with Gasteiger partial charge in [0.1, 0.15) is 5.75 Å². The maximum absolute atomic E-state index is 12.9. The molecule has 0 bridgehead atoms. The summed E-state index contributed by atoms with van der Waals surface area (Å²) < 4.78 is 32.7. The zero-order valence-corrected chi connectivity index (χ0v) is 17.9. The number of para-hydroxylation sites is 1. The van der Waals surface area contributed by atoms with Crippen molar-refractivity contribution < 1.29 is 17.9 Å². The molecule has 7 heteroatoms. The molecule has 1 amide bonds. The number of hydrogen-bond donors (Lipinski definition) is 1. The average Bonchev–Trinajstić information content (AvgIpc) is 2.73. The lowest BCUT2D eigenvalue weighted by atomic mass is 10.1. The summed E-state index contributed by atoms with van der Waals surface area (Å²) in [5, 5.41) is 2.69. The van der Waals surface area contributed by atoms with E-state index in [1.54, 1.807) is 36.4 Å². The number of sulfonamides is 1. The van der Waals surface area contributed by atoms with Gasteiger partial charge in [-0.15, -0.1) is 0 Å². The first-order valence-electron chi connectivity index (χ1n) is 9.41. The second kappa shape index (κ2) is 9.00. The molecule has 0 saturated carbocycles. The van der Waals surface area contributed by atoms with Crippen LogP contribution in [0.4, 0.5) is 11.4 Å². The predicted octanol–water partition coefficient (Wildman–Crippen LogP) is 4.15. The van der Waals surface area contributed by atoms with Gasteiger partial charge < -0.3 is 10.1 Å². The summed E-state index contributed by atoms with van der Waals surface area (Å²) in [5.74, 6) is 0.262. The number of ether oxygens (including phenoxy) is 1. The minimum absolute atomic E-state index is 0.0851. The molecule has 1 N–H and O–H groups in total. The van der Waals surface area contributed by atoms with Crippen LogP contribution in [0.15, 0.2) is 77.7 Å². The van der Waals surface area contributed by atoms with Gasteiger partial charge in [0.25, 0.3) is 15.9 Å². The van der Waals surface area contributed by atoms with Crippen molar-refractivity contribution in [1.29, 1.82) is 0 Å². The SMILES string of the molecule is Cc1ccc(OCC(=O)Nc2cccc(S(=O)(=O)N(C)c3ccccc3)c2)c(C)c1. The number of nitrogens with zero attached hydrogens (tertiary/aromatic N) is 1. The third kappa shape index (κ3) is 4.99. The Bertz CT molecular complexity index is 1140.